The maximum atomic E-state index is 11.6. The fourth-order valence-corrected chi connectivity index (χ4v) is 3.02. The van der Waals surface area contributed by atoms with Crippen molar-refractivity contribution in [3.8, 4) is 0 Å². The molecule has 0 amide bonds. The molecule has 1 aromatic rings. The van der Waals surface area contributed by atoms with Crippen LogP contribution in [0.5, 0.6) is 0 Å². The van der Waals surface area contributed by atoms with E-state index in [9.17, 15) is 18.5 Å². The van der Waals surface area contributed by atoms with Gasteiger partial charge in [0.1, 0.15) is 0 Å². The van der Waals surface area contributed by atoms with Gasteiger partial charge in [-0.15, -0.1) is 0 Å². The van der Waals surface area contributed by atoms with E-state index in [2.05, 4.69) is 0 Å². The Bertz CT molecular complexity index is 617. The predicted octanol–water partition coefficient (Wildman–Crippen LogP) is 3.38. The molecule has 0 N–H and O–H groups in total. The van der Waals surface area contributed by atoms with Crippen molar-refractivity contribution in [1.82, 2.24) is 0 Å². The molecule has 1 aromatic carbocycles. The molecule has 0 aliphatic heterocycles. The number of nitro groups is 1. The van der Waals surface area contributed by atoms with Crippen LogP contribution in [0.2, 0.25) is 0 Å². The fourth-order valence-electron chi connectivity index (χ4n) is 1.80. The molecule has 19 heavy (non-hydrogen) atoms. The summed E-state index contributed by atoms with van der Waals surface area (Å²) >= 11 is 0. The molecular formula is C12H16ClNO4S. The zero-order valence-corrected chi connectivity index (χ0v) is 12.8. The first kappa shape index (κ1) is 15.9. The minimum Gasteiger partial charge on any atom is -0.258 e. The Morgan fingerprint density at radius 2 is 1.84 bits per heavy atom. The van der Waals surface area contributed by atoms with Crippen molar-refractivity contribution in [2.24, 2.45) is 0 Å². The monoisotopic (exact) mass is 305 g/mol. The van der Waals surface area contributed by atoms with Crippen LogP contribution < -0.4 is 0 Å². The van der Waals surface area contributed by atoms with E-state index in [1.165, 1.54) is 12.1 Å². The van der Waals surface area contributed by atoms with E-state index in [-0.39, 0.29) is 22.6 Å². The van der Waals surface area contributed by atoms with Crippen LogP contribution in [0.3, 0.4) is 0 Å². The van der Waals surface area contributed by atoms with Crippen LogP contribution in [-0.2, 0) is 20.9 Å². The van der Waals surface area contributed by atoms with Gasteiger partial charge < -0.3 is 0 Å². The molecule has 106 valence electrons. The van der Waals surface area contributed by atoms with Gasteiger partial charge in [-0.2, -0.15) is 0 Å². The predicted molar refractivity (Wildman–Crippen MR) is 74.2 cm³/mol. The Balaban J connectivity index is 3.80. The summed E-state index contributed by atoms with van der Waals surface area (Å²) < 4.78 is 23.2. The highest BCUT2D eigenvalue weighted by Gasteiger charge is 2.28. The number of nitro benzene ring substituents is 1. The van der Waals surface area contributed by atoms with Gasteiger partial charge in [-0.3, -0.25) is 10.1 Å². The number of hydrogen-bond donors (Lipinski definition) is 0. The molecule has 0 saturated heterocycles. The lowest BCUT2D eigenvalue weighted by Crippen LogP contribution is -2.14. The van der Waals surface area contributed by atoms with E-state index in [0.717, 1.165) is 0 Å². The molecule has 0 saturated carbocycles. The third kappa shape index (κ3) is 3.45. The van der Waals surface area contributed by atoms with E-state index in [0.29, 0.717) is 5.56 Å². The first-order valence-corrected chi connectivity index (χ1v) is 8.06. The lowest BCUT2D eigenvalue weighted by Gasteiger charge is -2.20. The van der Waals surface area contributed by atoms with Gasteiger partial charge in [0.25, 0.3) is 14.7 Å². The maximum absolute atomic E-state index is 11.6. The molecule has 0 heterocycles. The summed E-state index contributed by atoms with van der Waals surface area (Å²) in [5.74, 6) is 0. The van der Waals surface area contributed by atoms with Crippen molar-refractivity contribution in [3.05, 3.63) is 33.4 Å². The highest BCUT2D eigenvalue weighted by molar-refractivity contribution is 8.13. The first-order chi connectivity index (χ1) is 8.48. The van der Waals surface area contributed by atoms with Gasteiger partial charge in [-0.05, 0) is 23.5 Å². The molecule has 7 heteroatoms. The second kappa shape index (κ2) is 5.09. The second-order valence-electron chi connectivity index (χ2n) is 5.27. The largest absolute Gasteiger partial charge is 0.274 e. The number of halogens is 1. The summed E-state index contributed by atoms with van der Waals surface area (Å²) in [6.07, 6.45) is 0.224. The SMILES string of the molecule is CCc1c([N+](=O)[O-])cc(C(C)(C)C)cc1S(=O)(=O)Cl. The van der Waals surface area contributed by atoms with Crippen molar-refractivity contribution in [3.63, 3.8) is 0 Å². The van der Waals surface area contributed by atoms with Gasteiger partial charge >= 0.3 is 0 Å². The van der Waals surface area contributed by atoms with Gasteiger partial charge in [0.2, 0.25) is 0 Å². The second-order valence-corrected chi connectivity index (χ2v) is 7.80. The first-order valence-electron chi connectivity index (χ1n) is 5.75. The van der Waals surface area contributed by atoms with Gasteiger partial charge in [0.15, 0.2) is 0 Å². The minimum atomic E-state index is -4.02. The molecule has 0 spiro atoms. The minimum absolute atomic E-state index is 0.146. The summed E-state index contributed by atoms with van der Waals surface area (Å²) in [6, 6.07) is 2.85. The van der Waals surface area contributed by atoms with Crippen molar-refractivity contribution in [2.75, 3.05) is 0 Å². The quantitative estimate of drug-likeness (QED) is 0.487. The summed E-state index contributed by atoms with van der Waals surface area (Å²) in [6.45, 7) is 7.21. The molecule has 0 fully saturated rings. The van der Waals surface area contributed by atoms with E-state index in [1.807, 2.05) is 20.8 Å². The smallest absolute Gasteiger partial charge is 0.258 e. The highest BCUT2D eigenvalue weighted by Crippen LogP contribution is 2.35. The zero-order valence-electron chi connectivity index (χ0n) is 11.2. The molecule has 0 aliphatic carbocycles. The van der Waals surface area contributed by atoms with Crippen LogP contribution in [0.4, 0.5) is 5.69 Å². The Morgan fingerprint density at radius 3 is 2.16 bits per heavy atom. The number of rotatable bonds is 3. The third-order valence-corrected chi connectivity index (χ3v) is 4.25. The van der Waals surface area contributed by atoms with Gasteiger partial charge in [-0.1, -0.05) is 27.7 Å². The van der Waals surface area contributed by atoms with E-state index in [4.69, 9.17) is 10.7 Å². The van der Waals surface area contributed by atoms with Gasteiger partial charge in [-0.25, -0.2) is 8.42 Å². The normalized spacial score (nSPS) is 12.5. The van der Waals surface area contributed by atoms with Gasteiger partial charge in [0.05, 0.1) is 9.82 Å². The highest BCUT2D eigenvalue weighted by atomic mass is 35.7. The molecule has 0 unspecified atom stereocenters. The summed E-state index contributed by atoms with van der Waals surface area (Å²) in [5.41, 5.74) is 0.102. The van der Waals surface area contributed by atoms with Crippen LogP contribution in [0.1, 0.15) is 38.8 Å². The van der Waals surface area contributed by atoms with Crippen LogP contribution >= 0.6 is 10.7 Å². The lowest BCUT2D eigenvalue weighted by atomic mass is 9.86. The topological polar surface area (TPSA) is 77.3 Å². The van der Waals surface area contributed by atoms with Crippen molar-refractivity contribution in [2.45, 2.75) is 44.4 Å². The van der Waals surface area contributed by atoms with Crippen LogP contribution in [0.15, 0.2) is 17.0 Å². The average Bonchev–Trinajstić information content (AvgIpc) is 2.24. The van der Waals surface area contributed by atoms with E-state index in [1.54, 1.807) is 6.92 Å². The maximum Gasteiger partial charge on any atom is 0.274 e. The number of hydrogen-bond acceptors (Lipinski definition) is 4. The summed E-state index contributed by atoms with van der Waals surface area (Å²) in [7, 11) is 1.37. The van der Waals surface area contributed by atoms with Gasteiger partial charge in [0, 0.05) is 22.3 Å². The number of benzene rings is 1. The Hall–Kier alpha value is -1.14. The third-order valence-electron chi connectivity index (χ3n) is 2.86. The molecule has 0 aromatic heterocycles. The van der Waals surface area contributed by atoms with Crippen molar-refractivity contribution < 1.29 is 13.3 Å². The van der Waals surface area contributed by atoms with E-state index >= 15 is 0 Å². The van der Waals surface area contributed by atoms with Crippen LogP contribution in [0, 0.1) is 10.1 Å². The molecule has 0 aliphatic rings. The molecule has 0 bridgehead atoms. The summed E-state index contributed by atoms with van der Waals surface area (Å²) in [4.78, 5) is 10.4. The fraction of sp³-hybridized carbons (Fsp3) is 0.500. The Labute approximate surface area is 117 Å². The molecular weight excluding hydrogens is 290 g/mol. The standard InChI is InChI=1S/C12H16ClNO4S/c1-5-9-10(14(15)16)6-8(12(2,3)4)7-11(9)19(13,17)18/h6-7H,5H2,1-4H3. The molecule has 0 radical (unpaired) electrons. The van der Waals surface area contributed by atoms with Crippen LogP contribution in [0.25, 0.3) is 0 Å². The zero-order chi connectivity index (χ0) is 15.0. The van der Waals surface area contributed by atoms with Crippen molar-refractivity contribution in [1.29, 1.82) is 0 Å². The molecule has 0 atom stereocenters. The van der Waals surface area contributed by atoms with E-state index < -0.39 is 19.4 Å². The Morgan fingerprint density at radius 1 is 1.32 bits per heavy atom. The lowest BCUT2D eigenvalue weighted by molar-refractivity contribution is -0.385. The Kier molecular flexibility index (Phi) is 4.27. The molecule has 1 rings (SSSR count). The average molecular weight is 306 g/mol. The van der Waals surface area contributed by atoms with Crippen LogP contribution in [-0.4, -0.2) is 13.3 Å². The van der Waals surface area contributed by atoms with Crippen molar-refractivity contribution >= 4 is 25.4 Å². The summed E-state index contributed by atoms with van der Waals surface area (Å²) in [5, 5.41) is 11.1. The number of nitrogens with zero attached hydrogens (tertiary/aromatic N) is 1. The molecule has 5 nitrogen and oxygen atoms in total.